The van der Waals surface area contributed by atoms with Crippen molar-refractivity contribution < 1.29 is 47.2 Å². The summed E-state index contributed by atoms with van der Waals surface area (Å²) in [5.41, 5.74) is -0.915. The number of ether oxygens (including phenoxy) is 5. The van der Waals surface area contributed by atoms with Gasteiger partial charge in [-0.1, -0.05) is 0 Å². The Morgan fingerprint density at radius 2 is 1.83 bits per heavy atom. The number of fused-ring (bicyclic) bond motifs is 3. The van der Waals surface area contributed by atoms with E-state index in [1.807, 2.05) is 0 Å². The van der Waals surface area contributed by atoms with Crippen molar-refractivity contribution in [2.45, 2.75) is 87.0 Å². The van der Waals surface area contributed by atoms with E-state index in [1.165, 1.54) is 0 Å². The minimum atomic E-state index is -3.53. The Balaban J connectivity index is 1.25. The fourth-order valence-electron chi connectivity index (χ4n) is 6.67. The van der Waals surface area contributed by atoms with Gasteiger partial charge in [-0.25, -0.2) is 9.59 Å². The number of hydrogen-bond donors (Lipinski definition) is 1. The van der Waals surface area contributed by atoms with Gasteiger partial charge in [0.25, 0.3) is 0 Å². The lowest BCUT2D eigenvalue weighted by molar-refractivity contribution is -0.343. The Morgan fingerprint density at radius 1 is 1.14 bits per heavy atom. The summed E-state index contributed by atoms with van der Waals surface area (Å²) in [6.45, 7) is 0.548. The van der Waals surface area contributed by atoms with Crippen molar-refractivity contribution in [3.8, 4) is 0 Å². The van der Waals surface area contributed by atoms with Crippen molar-refractivity contribution in [3.63, 3.8) is 0 Å². The largest absolute Gasteiger partial charge is 0.455 e. The molecule has 4 bridgehead atoms. The van der Waals surface area contributed by atoms with E-state index in [0.717, 1.165) is 12.8 Å². The number of aliphatic hydroxyl groups is 1. The summed E-state index contributed by atoms with van der Waals surface area (Å²) in [6.07, 6.45) is -1.38. The Labute approximate surface area is 164 Å². The summed E-state index contributed by atoms with van der Waals surface area (Å²) in [7, 11) is 0. The Kier molecular flexibility index (Phi) is 3.47. The van der Waals surface area contributed by atoms with E-state index >= 15 is 0 Å². The van der Waals surface area contributed by atoms with E-state index in [-0.39, 0.29) is 17.8 Å². The zero-order valence-electron chi connectivity index (χ0n) is 15.7. The molecule has 1 N–H and O–H groups in total. The van der Waals surface area contributed by atoms with Gasteiger partial charge >= 0.3 is 17.9 Å². The van der Waals surface area contributed by atoms with Crippen LogP contribution in [0.2, 0.25) is 0 Å². The Hall–Kier alpha value is -1.36. The number of carbonyl (C=O) groups is 2. The number of aliphatic hydroxyl groups excluding tert-OH is 1. The van der Waals surface area contributed by atoms with Crippen LogP contribution in [-0.4, -0.2) is 65.1 Å². The molecule has 7 aliphatic rings. The highest BCUT2D eigenvalue weighted by molar-refractivity contribution is 5.78. The maximum absolute atomic E-state index is 13.4. The Morgan fingerprint density at radius 3 is 2.48 bits per heavy atom. The molecule has 7 unspecified atom stereocenters. The van der Waals surface area contributed by atoms with Crippen LogP contribution in [-0.2, 0) is 33.3 Å². The van der Waals surface area contributed by atoms with E-state index < -0.39 is 60.0 Å². The number of hydrogen-bond acceptors (Lipinski definition) is 8. The molecular formula is C19H22F2O8. The smallest absolute Gasteiger partial charge is 0.377 e. The molecule has 0 amide bonds. The number of halogens is 2. The van der Waals surface area contributed by atoms with Crippen LogP contribution in [0.4, 0.5) is 8.78 Å². The van der Waals surface area contributed by atoms with E-state index in [9.17, 15) is 23.5 Å². The highest BCUT2D eigenvalue weighted by Gasteiger charge is 2.73. The minimum absolute atomic E-state index is 0.137. The molecule has 160 valence electrons. The van der Waals surface area contributed by atoms with Crippen LogP contribution < -0.4 is 0 Å². The third-order valence-electron chi connectivity index (χ3n) is 7.57. The maximum Gasteiger partial charge on any atom is 0.377 e. The summed E-state index contributed by atoms with van der Waals surface area (Å²) >= 11 is 0. The maximum atomic E-state index is 13.4. The van der Waals surface area contributed by atoms with Crippen molar-refractivity contribution in [2.24, 2.45) is 17.8 Å². The molecule has 0 aromatic heterocycles. The summed E-state index contributed by atoms with van der Waals surface area (Å²) < 4.78 is 55.8. The molecule has 3 aliphatic heterocycles. The second-order valence-corrected chi connectivity index (χ2v) is 9.54. The van der Waals surface area contributed by atoms with Crippen LogP contribution >= 0.6 is 0 Å². The third kappa shape index (κ3) is 2.37. The van der Waals surface area contributed by atoms with Crippen LogP contribution in [0, 0.1) is 17.8 Å². The van der Waals surface area contributed by atoms with Gasteiger partial charge in [0, 0.05) is 18.8 Å². The van der Waals surface area contributed by atoms with Gasteiger partial charge in [0.2, 0.25) is 0 Å². The summed E-state index contributed by atoms with van der Waals surface area (Å²) in [5, 5.41) is 9.89. The van der Waals surface area contributed by atoms with Crippen molar-refractivity contribution in [2.75, 3.05) is 0 Å². The van der Waals surface area contributed by atoms with Crippen molar-refractivity contribution in [1.29, 1.82) is 0 Å². The first-order valence-electron chi connectivity index (χ1n) is 10.1. The monoisotopic (exact) mass is 416 g/mol. The molecule has 0 aromatic rings. The topological polar surface area (TPSA) is 101 Å². The lowest BCUT2D eigenvalue weighted by Crippen LogP contribution is -2.66. The van der Waals surface area contributed by atoms with Gasteiger partial charge in [-0.05, 0) is 38.0 Å². The molecule has 7 fully saturated rings. The SMILES string of the molecule is CC(F)(F)C(=O)OC12CC3CC(C1)C1(OC4OC5C(O)C(=O)OC5C4O1)C(C3)C2. The van der Waals surface area contributed by atoms with Crippen molar-refractivity contribution in [1.82, 2.24) is 0 Å². The van der Waals surface area contributed by atoms with Gasteiger partial charge in [-0.3, -0.25) is 0 Å². The predicted octanol–water partition coefficient (Wildman–Crippen LogP) is 0.886. The van der Waals surface area contributed by atoms with E-state index in [2.05, 4.69) is 0 Å². The molecule has 3 heterocycles. The average molecular weight is 416 g/mol. The number of alkyl halides is 2. The van der Waals surface area contributed by atoms with Crippen molar-refractivity contribution in [3.05, 3.63) is 0 Å². The summed E-state index contributed by atoms with van der Waals surface area (Å²) in [4.78, 5) is 23.5. The molecule has 0 aromatic carbocycles. The van der Waals surface area contributed by atoms with Crippen LogP contribution in [0.3, 0.4) is 0 Å². The molecule has 3 saturated heterocycles. The molecule has 10 heteroatoms. The second-order valence-electron chi connectivity index (χ2n) is 9.54. The Bertz CT molecular complexity index is 765. The fourth-order valence-corrected chi connectivity index (χ4v) is 6.67. The molecule has 7 atom stereocenters. The number of rotatable bonds is 2. The quantitative estimate of drug-likeness (QED) is 0.663. The van der Waals surface area contributed by atoms with Gasteiger partial charge in [0.1, 0.15) is 11.7 Å². The molecule has 4 saturated carbocycles. The first-order valence-corrected chi connectivity index (χ1v) is 10.1. The first-order chi connectivity index (χ1) is 13.6. The molecule has 8 nitrogen and oxygen atoms in total. The summed E-state index contributed by atoms with van der Waals surface area (Å²) in [6, 6.07) is 0. The minimum Gasteiger partial charge on any atom is -0.455 e. The second kappa shape index (κ2) is 5.46. The van der Waals surface area contributed by atoms with E-state index in [0.29, 0.717) is 26.2 Å². The summed E-state index contributed by atoms with van der Waals surface area (Å²) in [5.74, 6) is -6.75. The van der Waals surface area contributed by atoms with Crippen LogP contribution in [0.25, 0.3) is 0 Å². The van der Waals surface area contributed by atoms with Gasteiger partial charge in [0.15, 0.2) is 30.4 Å². The average Bonchev–Trinajstić information content (AvgIpc) is 3.22. The van der Waals surface area contributed by atoms with Crippen LogP contribution in [0.5, 0.6) is 0 Å². The van der Waals surface area contributed by atoms with Gasteiger partial charge < -0.3 is 28.8 Å². The van der Waals surface area contributed by atoms with E-state index in [4.69, 9.17) is 23.7 Å². The standard InChI is InChI=1S/C19H22F2O8/c1-17(20,21)16(24)29-18-4-7-2-8(5-18)19(9(3-7)6-18)27-13-12-11(26-15(13)28-19)10(22)14(23)25-12/h7-13,15,22H,2-6H2,1H3. The number of carbonyl (C=O) groups excluding carboxylic acids is 2. The lowest BCUT2D eigenvalue weighted by atomic mass is 9.51. The molecule has 29 heavy (non-hydrogen) atoms. The molecule has 4 aliphatic carbocycles. The van der Waals surface area contributed by atoms with Gasteiger partial charge in [-0.2, -0.15) is 8.78 Å². The van der Waals surface area contributed by atoms with Crippen LogP contribution in [0.1, 0.15) is 39.0 Å². The lowest BCUT2D eigenvalue weighted by Gasteiger charge is -2.62. The zero-order valence-corrected chi connectivity index (χ0v) is 15.7. The fraction of sp³-hybridized carbons (Fsp3) is 0.895. The van der Waals surface area contributed by atoms with E-state index in [1.54, 1.807) is 0 Å². The third-order valence-corrected chi connectivity index (χ3v) is 7.57. The predicted molar refractivity (Wildman–Crippen MR) is 86.2 cm³/mol. The highest BCUT2D eigenvalue weighted by atomic mass is 19.3. The van der Waals surface area contributed by atoms with Crippen LogP contribution in [0.15, 0.2) is 0 Å². The molecule has 1 spiro atoms. The van der Waals surface area contributed by atoms with Gasteiger partial charge in [-0.15, -0.1) is 0 Å². The molecule has 0 radical (unpaired) electrons. The molecular weight excluding hydrogens is 394 g/mol. The highest BCUT2D eigenvalue weighted by Crippen LogP contribution is 2.65. The molecule has 7 rings (SSSR count). The first kappa shape index (κ1) is 18.4. The normalized spacial score (nSPS) is 54.6. The van der Waals surface area contributed by atoms with Gasteiger partial charge in [0.05, 0.1) is 0 Å². The van der Waals surface area contributed by atoms with Crippen molar-refractivity contribution >= 4 is 11.9 Å². The zero-order chi connectivity index (χ0) is 20.3. The number of esters is 2.